The Morgan fingerprint density at radius 3 is 2.46 bits per heavy atom. The largest absolute Gasteiger partial charge is 0.480 e. The van der Waals surface area contributed by atoms with E-state index in [0.29, 0.717) is 22.2 Å². The third-order valence-corrected chi connectivity index (χ3v) is 4.16. The van der Waals surface area contributed by atoms with Gasteiger partial charge < -0.3 is 20.7 Å². The van der Waals surface area contributed by atoms with Gasteiger partial charge in [0, 0.05) is 24.3 Å². The van der Waals surface area contributed by atoms with Crippen molar-refractivity contribution in [3.05, 3.63) is 53.7 Å². The maximum atomic E-state index is 12.1. The number of carbonyl (C=O) groups excluding carboxylic acids is 2. The Morgan fingerprint density at radius 1 is 1.29 bits per heavy atom. The summed E-state index contributed by atoms with van der Waals surface area (Å²) in [5, 5.41) is 3.00. The summed E-state index contributed by atoms with van der Waals surface area (Å²) >= 11 is 5.59. The predicted octanol–water partition coefficient (Wildman–Crippen LogP) is 2.77. The minimum Gasteiger partial charge on any atom is -0.480 e. The molecule has 0 atom stereocenters. The molecule has 3 rings (SSSR count). The first-order chi connectivity index (χ1) is 13.4. The van der Waals surface area contributed by atoms with E-state index in [1.54, 1.807) is 24.3 Å². The first kappa shape index (κ1) is 21.2. The molecule has 9 heteroatoms. The van der Waals surface area contributed by atoms with Crippen LogP contribution in [0.25, 0.3) is 0 Å². The molecule has 0 spiro atoms. The Labute approximate surface area is 168 Å². The van der Waals surface area contributed by atoms with Gasteiger partial charge in [-0.15, -0.1) is 0 Å². The van der Waals surface area contributed by atoms with Gasteiger partial charge in [-0.3, -0.25) is 9.59 Å². The van der Waals surface area contributed by atoms with Crippen molar-refractivity contribution in [3.8, 4) is 5.88 Å². The first-order valence-corrected chi connectivity index (χ1v) is 8.97. The van der Waals surface area contributed by atoms with E-state index in [-0.39, 0.29) is 17.8 Å². The summed E-state index contributed by atoms with van der Waals surface area (Å²) < 4.78 is 4.76. The van der Waals surface area contributed by atoms with E-state index in [9.17, 15) is 9.59 Å². The number of anilines is 2. The number of benzene rings is 1. The summed E-state index contributed by atoms with van der Waals surface area (Å²) in [4.78, 5) is 32.4. The van der Waals surface area contributed by atoms with E-state index in [0.717, 1.165) is 25.9 Å². The van der Waals surface area contributed by atoms with Gasteiger partial charge >= 0.3 is 0 Å². The highest BCUT2D eigenvalue weighted by atomic mass is 35.5. The van der Waals surface area contributed by atoms with Crippen LogP contribution in [-0.4, -0.2) is 46.9 Å². The van der Waals surface area contributed by atoms with Crippen LogP contribution < -0.4 is 15.8 Å². The van der Waals surface area contributed by atoms with Gasteiger partial charge in [-0.1, -0.05) is 18.2 Å². The fourth-order valence-corrected chi connectivity index (χ4v) is 2.67. The number of amides is 2. The zero-order valence-corrected chi connectivity index (χ0v) is 16.3. The molecule has 1 saturated heterocycles. The van der Waals surface area contributed by atoms with Crippen molar-refractivity contribution < 1.29 is 14.3 Å². The molecule has 0 aliphatic carbocycles. The fourth-order valence-electron chi connectivity index (χ4n) is 2.50. The summed E-state index contributed by atoms with van der Waals surface area (Å²) in [5.41, 5.74) is 6.57. The topological polar surface area (TPSA) is 110 Å². The van der Waals surface area contributed by atoms with Crippen LogP contribution in [0.4, 0.5) is 11.6 Å². The fraction of sp³-hybridized carbons (Fsp3) is 0.263. The van der Waals surface area contributed by atoms with E-state index in [1.165, 1.54) is 19.4 Å². The molecule has 2 aromatic rings. The lowest BCUT2D eigenvalue weighted by Gasteiger charge is -2.15. The summed E-state index contributed by atoms with van der Waals surface area (Å²) in [7, 11) is 1.47. The van der Waals surface area contributed by atoms with Gasteiger partial charge in [0.1, 0.15) is 5.02 Å². The molecule has 8 nitrogen and oxygen atoms in total. The number of hydrogen-bond acceptors (Lipinski definition) is 6. The highest BCUT2D eigenvalue weighted by Gasteiger charge is 2.19. The zero-order chi connectivity index (χ0) is 20.5. The van der Waals surface area contributed by atoms with Gasteiger partial charge in [-0.25, -0.2) is 4.98 Å². The zero-order valence-electron chi connectivity index (χ0n) is 15.5. The average Bonchev–Trinajstić information content (AvgIpc) is 3.25. The number of ether oxygens (including phenoxy) is 1. The minimum absolute atomic E-state index is 0.0640. The Hall–Kier alpha value is -3.13. The molecule has 0 unspecified atom stereocenters. The number of nitrogens with zero attached hydrogens (tertiary/aromatic N) is 3. The van der Waals surface area contributed by atoms with Gasteiger partial charge in [-0.2, -0.15) is 4.98 Å². The van der Waals surface area contributed by atoms with Crippen molar-refractivity contribution in [1.29, 1.82) is 0 Å². The number of rotatable bonds is 4. The number of likely N-dealkylation sites (tertiary alicyclic amines) is 1. The molecule has 1 aromatic carbocycles. The molecular formula is C19H22ClN5O3. The highest BCUT2D eigenvalue weighted by Crippen LogP contribution is 2.19. The van der Waals surface area contributed by atoms with Crippen molar-refractivity contribution in [1.82, 2.24) is 14.9 Å². The van der Waals surface area contributed by atoms with Crippen molar-refractivity contribution in [2.75, 3.05) is 31.2 Å². The van der Waals surface area contributed by atoms with Gasteiger partial charge in [0.2, 0.25) is 17.7 Å². The number of nitrogen functional groups attached to an aromatic ring is 1. The Bertz CT molecular complexity index is 836. The van der Waals surface area contributed by atoms with Crippen molar-refractivity contribution >= 4 is 35.1 Å². The molecule has 2 amide bonds. The molecule has 1 aliphatic rings. The van der Waals surface area contributed by atoms with Crippen LogP contribution in [0, 0.1) is 0 Å². The molecule has 148 valence electrons. The number of nitrogens with one attached hydrogen (secondary N) is 1. The Kier molecular flexibility index (Phi) is 7.76. The normalized spacial score (nSPS) is 12.6. The molecule has 1 aliphatic heterocycles. The van der Waals surface area contributed by atoms with Crippen LogP contribution in [0.3, 0.4) is 0 Å². The standard InChI is InChI=1S/C14H16N2O2.C5H6ClN3O/c1-2-13(17)15-12-7-5-11(6-8-12)14(18)16-9-3-4-10-16;1-10-4-3(6)2-8-5(7)9-4/h2,5-8H,1,3-4,9-10H2,(H,15,17);2H,1H3,(H2,7,8,9). The lowest BCUT2D eigenvalue weighted by atomic mass is 10.2. The number of aromatic nitrogens is 2. The number of carbonyl (C=O) groups is 2. The lowest BCUT2D eigenvalue weighted by Crippen LogP contribution is -2.27. The second-order valence-electron chi connectivity index (χ2n) is 5.86. The molecular weight excluding hydrogens is 382 g/mol. The van der Waals surface area contributed by atoms with Crippen LogP contribution in [0.15, 0.2) is 43.1 Å². The van der Waals surface area contributed by atoms with E-state index >= 15 is 0 Å². The monoisotopic (exact) mass is 403 g/mol. The first-order valence-electron chi connectivity index (χ1n) is 8.59. The second kappa shape index (κ2) is 10.3. The summed E-state index contributed by atoms with van der Waals surface area (Å²) in [6.45, 7) is 5.06. The third kappa shape index (κ3) is 5.95. The number of nitrogens with two attached hydrogens (primary N) is 1. The molecule has 28 heavy (non-hydrogen) atoms. The molecule has 3 N–H and O–H groups in total. The third-order valence-electron chi connectivity index (χ3n) is 3.90. The maximum absolute atomic E-state index is 12.1. The molecule has 0 saturated carbocycles. The summed E-state index contributed by atoms with van der Waals surface area (Å²) in [6, 6.07) is 6.92. The molecule has 0 bridgehead atoms. The molecule has 0 radical (unpaired) electrons. The van der Waals surface area contributed by atoms with Crippen LogP contribution in [0.2, 0.25) is 5.02 Å². The van der Waals surface area contributed by atoms with Crippen LogP contribution in [0.5, 0.6) is 5.88 Å². The quantitative estimate of drug-likeness (QED) is 0.759. The predicted molar refractivity (Wildman–Crippen MR) is 108 cm³/mol. The SMILES string of the molecule is C=CC(=O)Nc1ccc(C(=O)N2CCCC2)cc1.COc1nc(N)ncc1Cl. The van der Waals surface area contributed by atoms with Gasteiger partial charge in [-0.05, 0) is 43.2 Å². The molecule has 1 fully saturated rings. The Balaban J connectivity index is 0.000000237. The van der Waals surface area contributed by atoms with E-state index in [1.807, 2.05) is 4.90 Å². The van der Waals surface area contributed by atoms with Crippen molar-refractivity contribution in [2.24, 2.45) is 0 Å². The molecule has 2 heterocycles. The van der Waals surface area contributed by atoms with Gasteiger partial charge in [0.25, 0.3) is 5.91 Å². The van der Waals surface area contributed by atoms with E-state index < -0.39 is 0 Å². The second-order valence-corrected chi connectivity index (χ2v) is 6.26. The van der Waals surface area contributed by atoms with Gasteiger partial charge in [0.05, 0.1) is 13.3 Å². The number of methoxy groups -OCH3 is 1. The Morgan fingerprint density at radius 2 is 1.93 bits per heavy atom. The highest BCUT2D eigenvalue weighted by molar-refractivity contribution is 6.31. The lowest BCUT2D eigenvalue weighted by molar-refractivity contribution is -0.111. The summed E-state index contributed by atoms with van der Waals surface area (Å²) in [6.07, 6.45) is 4.77. The van der Waals surface area contributed by atoms with Gasteiger partial charge in [0.15, 0.2) is 0 Å². The van der Waals surface area contributed by atoms with Crippen LogP contribution in [0.1, 0.15) is 23.2 Å². The number of hydrogen-bond donors (Lipinski definition) is 2. The smallest absolute Gasteiger partial charge is 0.253 e. The van der Waals surface area contributed by atoms with Crippen LogP contribution >= 0.6 is 11.6 Å². The van der Waals surface area contributed by atoms with Crippen molar-refractivity contribution in [2.45, 2.75) is 12.8 Å². The van der Waals surface area contributed by atoms with Crippen molar-refractivity contribution in [3.63, 3.8) is 0 Å². The maximum Gasteiger partial charge on any atom is 0.253 e. The molecule has 1 aromatic heterocycles. The summed E-state index contributed by atoms with van der Waals surface area (Å²) in [5.74, 6) is 0.262. The number of halogens is 1. The van der Waals surface area contributed by atoms with Crippen LogP contribution in [-0.2, 0) is 4.79 Å². The minimum atomic E-state index is -0.256. The van der Waals surface area contributed by atoms with E-state index in [4.69, 9.17) is 22.1 Å². The average molecular weight is 404 g/mol. The van der Waals surface area contributed by atoms with E-state index in [2.05, 4.69) is 21.9 Å².